The Kier molecular flexibility index (Phi) is 4.78. The predicted molar refractivity (Wildman–Crippen MR) is 72.7 cm³/mol. The Morgan fingerprint density at radius 3 is 2.72 bits per heavy atom. The highest BCUT2D eigenvalue weighted by Crippen LogP contribution is 2.08. The first-order valence-corrected chi connectivity index (χ1v) is 6.69. The standard InChI is InChI=1S/C14H15NO2S/c16-14(15-9-8-13-7-4-10-18-13)17-11-12-5-2-1-3-6-12/h1-7,10H,8-9,11H2,(H,15,16). The molecule has 0 aliphatic heterocycles. The highest BCUT2D eigenvalue weighted by Gasteiger charge is 2.02. The minimum Gasteiger partial charge on any atom is -0.445 e. The number of amides is 1. The zero-order valence-corrected chi connectivity index (χ0v) is 10.8. The maximum Gasteiger partial charge on any atom is 0.407 e. The molecule has 0 atom stereocenters. The molecule has 1 aromatic heterocycles. The van der Waals surface area contributed by atoms with Crippen LogP contribution in [0.3, 0.4) is 0 Å². The molecule has 0 saturated carbocycles. The number of benzene rings is 1. The average molecular weight is 261 g/mol. The van der Waals surface area contributed by atoms with Crippen molar-refractivity contribution in [3.05, 3.63) is 58.3 Å². The van der Waals surface area contributed by atoms with Crippen molar-refractivity contribution in [2.45, 2.75) is 13.0 Å². The molecular formula is C14H15NO2S. The van der Waals surface area contributed by atoms with Crippen LogP contribution < -0.4 is 5.32 Å². The van der Waals surface area contributed by atoms with Crippen molar-refractivity contribution >= 4 is 17.4 Å². The second kappa shape index (κ2) is 6.81. The first-order chi connectivity index (χ1) is 8.84. The van der Waals surface area contributed by atoms with Gasteiger partial charge in [0.25, 0.3) is 0 Å². The summed E-state index contributed by atoms with van der Waals surface area (Å²) in [5.41, 5.74) is 0.992. The van der Waals surface area contributed by atoms with Crippen LogP contribution in [-0.4, -0.2) is 12.6 Å². The monoisotopic (exact) mass is 261 g/mol. The van der Waals surface area contributed by atoms with Crippen molar-refractivity contribution in [2.24, 2.45) is 0 Å². The van der Waals surface area contributed by atoms with Crippen LogP contribution in [0.25, 0.3) is 0 Å². The van der Waals surface area contributed by atoms with Crippen LogP contribution in [0, 0.1) is 0 Å². The fraction of sp³-hybridized carbons (Fsp3) is 0.214. The number of hydrogen-bond donors (Lipinski definition) is 1. The summed E-state index contributed by atoms with van der Waals surface area (Å²) in [7, 11) is 0. The SMILES string of the molecule is O=C(NCCc1cccs1)OCc1ccccc1. The van der Waals surface area contributed by atoms with Crippen LogP contribution >= 0.6 is 11.3 Å². The number of nitrogens with one attached hydrogen (secondary N) is 1. The zero-order valence-electron chi connectivity index (χ0n) is 9.96. The molecule has 1 heterocycles. The van der Waals surface area contributed by atoms with Gasteiger partial charge < -0.3 is 10.1 Å². The van der Waals surface area contributed by atoms with Crippen molar-refractivity contribution in [2.75, 3.05) is 6.54 Å². The van der Waals surface area contributed by atoms with E-state index in [0.29, 0.717) is 13.2 Å². The topological polar surface area (TPSA) is 38.3 Å². The highest BCUT2D eigenvalue weighted by atomic mass is 32.1. The van der Waals surface area contributed by atoms with E-state index in [0.717, 1.165) is 12.0 Å². The molecule has 0 fully saturated rings. The minimum absolute atomic E-state index is 0.311. The summed E-state index contributed by atoms with van der Waals surface area (Å²) in [5.74, 6) is 0. The number of hydrogen-bond acceptors (Lipinski definition) is 3. The first-order valence-electron chi connectivity index (χ1n) is 5.81. The average Bonchev–Trinajstić information content (AvgIpc) is 2.91. The molecule has 1 N–H and O–H groups in total. The lowest BCUT2D eigenvalue weighted by molar-refractivity contribution is 0.140. The first kappa shape index (κ1) is 12.6. The Bertz CT molecular complexity index is 468. The van der Waals surface area contributed by atoms with Gasteiger partial charge in [-0.1, -0.05) is 36.4 Å². The number of ether oxygens (including phenoxy) is 1. The van der Waals surface area contributed by atoms with Crippen LogP contribution in [0.1, 0.15) is 10.4 Å². The van der Waals surface area contributed by atoms with Gasteiger partial charge in [0, 0.05) is 11.4 Å². The summed E-state index contributed by atoms with van der Waals surface area (Å²) in [6, 6.07) is 13.7. The third kappa shape index (κ3) is 4.22. The summed E-state index contributed by atoms with van der Waals surface area (Å²) in [5, 5.41) is 4.77. The smallest absolute Gasteiger partial charge is 0.407 e. The predicted octanol–water partition coefficient (Wildman–Crippen LogP) is 3.22. The van der Waals surface area contributed by atoms with Gasteiger partial charge in [-0.05, 0) is 23.4 Å². The van der Waals surface area contributed by atoms with Gasteiger partial charge in [0.15, 0.2) is 0 Å². The molecule has 2 rings (SSSR count). The van der Waals surface area contributed by atoms with Gasteiger partial charge in [0.1, 0.15) is 6.61 Å². The second-order valence-corrected chi connectivity index (χ2v) is 4.85. The van der Waals surface area contributed by atoms with Gasteiger partial charge in [-0.2, -0.15) is 0 Å². The summed E-state index contributed by atoms with van der Waals surface area (Å²) in [4.78, 5) is 12.7. The lowest BCUT2D eigenvalue weighted by Gasteiger charge is -2.06. The van der Waals surface area contributed by atoms with E-state index in [9.17, 15) is 4.79 Å². The molecule has 3 nitrogen and oxygen atoms in total. The maximum atomic E-state index is 11.4. The zero-order chi connectivity index (χ0) is 12.6. The molecule has 0 radical (unpaired) electrons. The Morgan fingerprint density at radius 1 is 1.17 bits per heavy atom. The van der Waals surface area contributed by atoms with Crippen molar-refractivity contribution in [1.29, 1.82) is 0 Å². The fourth-order valence-electron chi connectivity index (χ4n) is 1.52. The van der Waals surface area contributed by atoms with E-state index in [1.165, 1.54) is 4.88 Å². The van der Waals surface area contributed by atoms with Gasteiger partial charge in [0.2, 0.25) is 0 Å². The molecule has 94 valence electrons. The van der Waals surface area contributed by atoms with E-state index in [4.69, 9.17) is 4.74 Å². The Hall–Kier alpha value is -1.81. The van der Waals surface area contributed by atoms with Crippen LogP contribution in [0.15, 0.2) is 47.8 Å². The number of thiophene rings is 1. The van der Waals surface area contributed by atoms with E-state index in [1.807, 2.05) is 41.8 Å². The molecule has 4 heteroatoms. The number of carbonyl (C=O) groups is 1. The molecule has 18 heavy (non-hydrogen) atoms. The fourth-order valence-corrected chi connectivity index (χ4v) is 2.23. The van der Waals surface area contributed by atoms with Gasteiger partial charge in [-0.25, -0.2) is 4.79 Å². The lowest BCUT2D eigenvalue weighted by atomic mass is 10.2. The number of carbonyl (C=O) groups excluding carboxylic acids is 1. The Balaban J connectivity index is 1.63. The van der Waals surface area contributed by atoms with Gasteiger partial charge in [-0.15, -0.1) is 11.3 Å². The van der Waals surface area contributed by atoms with Crippen molar-refractivity contribution in [3.8, 4) is 0 Å². The maximum absolute atomic E-state index is 11.4. The molecule has 1 amide bonds. The molecule has 0 unspecified atom stereocenters. The molecule has 0 aliphatic carbocycles. The minimum atomic E-state index is -0.365. The van der Waals surface area contributed by atoms with Crippen LogP contribution in [-0.2, 0) is 17.8 Å². The molecule has 2 aromatic rings. The number of rotatable bonds is 5. The van der Waals surface area contributed by atoms with Gasteiger partial charge in [-0.3, -0.25) is 0 Å². The molecule has 0 saturated heterocycles. The van der Waals surface area contributed by atoms with Crippen LogP contribution in [0.5, 0.6) is 0 Å². The lowest BCUT2D eigenvalue weighted by Crippen LogP contribution is -2.26. The summed E-state index contributed by atoms with van der Waals surface area (Å²) in [6.07, 6.45) is 0.480. The summed E-state index contributed by atoms with van der Waals surface area (Å²) in [6.45, 7) is 0.916. The van der Waals surface area contributed by atoms with E-state index < -0.39 is 0 Å². The van der Waals surface area contributed by atoms with Gasteiger partial charge >= 0.3 is 6.09 Å². The highest BCUT2D eigenvalue weighted by molar-refractivity contribution is 7.09. The van der Waals surface area contributed by atoms with E-state index in [1.54, 1.807) is 11.3 Å². The Labute approximate surface area is 110 Å². The van der Waals surface area contributed by atoms with Crippen molar-refractivity contribution < 1.29 is 9.53 Å². The van der Waals surface area contributed by atoms with Crippen LogP contribution in [0.4, 0.5) is 4.79 Å². The molecule has 1 aromatic carbocycles. The second-order valence-electron chi connectivity index (χ2n) is 3.82. The van der Waals surface area contributed by atoms with E-state index >= 15 is 0 Å². The summed E-state index contributed by atoms with van der Waals surface area (Å²) < 4.78 is 5.10. The Morgan fingerprint density at radius 2 is 2.00 bits per heavy atom. The largest absolute Gasteiger partial charge is 0.445 e. The third-order valence-corrected chi connectivity index (χ3v) is 3.37. The molecular weight excluding hydrogens is 246 g/mol. The molecule has 0 spiro atoms. The third-order valence-electron chi connectivity index (χ3n) is 2.43. The van der Waals surface area contributed by atoms with Crippen molar-refractivity contribution in [1.82, 2.24) is 5.32 Å². The van der Waals surface area contributed by atoms with Gasteiger partial charge in [0.05, 0.1) is 0 Å². The van der Waals surface area contributed by atoms with E-state index in [-0.39, 0.29) is 6.09 Å². The van der Waals surface area contributed by atoms with E-state index in [2.05, 4.69) is 11.4 Å². The normalized spacial score (nSPS) is 10.0. The molecule has 0 bridgehead atoms. The summed E-state index contributed by atoms with van der Waals surface area (Å²) >= 11 is 1.69. The quantitative estimate of drug-likeness (QED) is 0.897. The number of alkyl carbamates (subject to hydrolysis) is 1. The molecule has 0 aliphatic rings. The van der Waals surface area contributed by atoms with Crippen LogP contribution in [0.2, 0.25) is 0 Å². The van der Waals surface area contributed by atoms with Crippen molar-refractivity contribution in [3.63, 3.8) is 0 Å².